The maximum Gasteiger partial charge on any atom is 0.118 e. The molecule has 0 heterocycles. The van der Waals surface area contributed by atoms with Crippen molar-refractivity contribution in [2.24, 2.45) is 0 Å². The summed E-state index contributed by atoms with van der Waals surface area (Å²) < 4.78 is 0. The molecule has 2 nitrogen and oxygen atoms in total. The quantitative estimate of drug-likeness (QED) is 0.874. The van der Waals surface area contributed by atoms with Gasteiger partial charge in [0.2, 0.25) is 0 Å². The van der Waals surface area contributed by atoms with Crippen LogP contribution in [0.25, 0.3) is 0 Å². The Balaban J connectivity index is 2.15. The van der Waals surface area contributed by atoms with Crippen molar-refractivity contribution in [3.8, 4) is 5.75 Å². The summed E-state index contributed by atoms with van der Waals surface area (Å²) in [6.45, 7) is 9.00. The Hall–Kier alpha value is -1.02. The number of nitrogens with zero attached hydrogens (tertiary/aromatic N) is 1. The standard InChI is InChI=1S/C17H27NO/c1-4-10-18(11-5-2)15-7-8-16-13(3)17(19)9-6-14(16)12-15/h6,9,15,19H,4-5,7-8,10-12H2,1-3H3/t15-/m1/s1. The molecule has 0 saturated carbocycles. The summed E-state index contributed by atoms with van der Waals surface area (Å²) in [6, 6.07) is 4.68. The molecule has 0 aliphatic heterocycles. The van der Waals surface area contributed by atoms with Gasteiger partial charge in [-0.05, 0) is 74.9 Å². The normalized spacial score (nSPS) is 18.6. The minimum Gasteiger partial charge on any atom is -0.508 e. The number of hydrogen-bond acceptors (Lipinski definition) is 2. The van der Waals surface area contributed by atoms with E-state index < -0.39 is 0 Å². The number of hydrogen-bond donors (Lipinski definition) is 1. The van der Waals surface area contributed by atoms with E-state index in [-0.39, 0.29) is 0 Å². The second-order valence-corrected chi connectivity index (χ2v) is 5.78. The molecule has 2 heteroatoms. The Morgan fingerprint density at radius 3 is 2.53 bits per heavy atom. The second-order valence-electron chi connectivity index (χ2n) is 5.78. The lowest BCUT2D eigenvalue weighted by Crippen LogP contribution is -2.40. The second kappa shape index (κ2) is 6.42. The molecule has 1 N–H and O–H groups in total. The number of aromatic hydroxyl groups is 1. The van der Waals surface area contributed by atoms with E-state index in [0.29, 0.717) is 11.8 Å². The summed E-state index contributed by atoms with van der Waals surface area (Å²) in [5.41, 5.74) is 3.93. The van der Waals surface area contributed by atoms with Crippen LogP contribution in [-0.2, 0) is 12.8 Å². The van der Waals surface area contributed by atoms with Gasteiger partial charge in [-0.15, -0.1) is 0 Å². The summed E-state index contributed by atoms with van der Waals surface area (Å²) in [5, 5.41) is 9.81. The Kier molecular flexibility index (Phi) is 4.87. The lowest BCUT2D eigenvalue weighted by Gasteiger charge is -2.35. The molecule has 0 bridgehead atoms. The van der Waals surface area contributed by atoms with Gasteiger partial charge >= 0.3 is 0 Å². The van der Waals surface area contributed by atoms with Crippen LogP contribution in [0.1, 0.15) is 49.8 Å². The van der Waals surface area contributed by atoms with Crippen LogP contribution in [0, 0.1) is 6.92 Å². The van der Waals surface area contributed by atoms with Crippen molar-refractivity contribution in [1.29, 1.82) is 0 Å². The topological polar surface area (TPSA) is 23.5 Å². The molecule has 0 radical (unpaired) electrons. The van der Waals surface area contributed by atoms with Gasteiger partial charge in [0.1, 0.15) is 5.75 Å². The van der Waals surface area contributed by atoms with Gasteiger partial charge in [-0.25, -0.2) is 0 Å². The first-order chi connectivity index (χ1) is 9.17. The fourth-order valence-corrected chi connectivity index (χ4v) is 3.37. The van der Waals surface area contributed by atoms with E-state index in [1.807, 2.05) is 13.0 Å². The third kappa shape index (κ3) is 3.11. The number of rotatable bonds is 5. The summed E-state index contributed by atoms with van der Waals surface area (Å²) in [5.74, 6) is 0.455. The summed E-state index contributed by atoms with van der Waals surface area (Å²) in [7, 11) is 0. The number of fused-ring (bicyclic) bond motifs is 1. The van der Waals surface area contributed by atoms with E-state index >= 15 is 0 Å². The van der Waals surface area contributed by atoms with Gasteiger partial charge in [0, 0.05) is 6.04 Å². The fraction of sp³-hybridized carbons (Fsp3) is 0.647. The first-order valence-corrected chi connectivity index (χ1v) is 7.71. The first kappa shape index (κ1) is 14.4. The first-order valence-electron chi connectivity index (χ1n) is 7.71. The van der Waals surface area contributed by atoms with Gasteiger partial charge in [0.25, 0.3) is 0 Å². The predicted octanol–water partition coefficient (Wildman–Crippen LogP) is 3.68. The Bertz CT molecular complexity index is 422. The van der Waals surface area contributed by atoms with Crippen molar-refractivity contribution in [2.45, 2.75) is 58.9 Å². The zero-order valence-electron chi connectivity index (χ0n) is 12.6. The van der Waals surface area contributed by atoms with Crippen molar-refractivity contribution in [2.75, 3.05) is 13.1 Å². The van der Waals surface area contributed by atoms with Crippen molar-refractivity contribution in [1.82, 2.24) is 4.90 Å². The molecule has 0 aromatic heterocycles. The molecule has 0 unspecified atom stereocenters. The third-order valence-electron chi connectivity index (χ3n) is 4.39. The van der Waals surface area contributed by atoms with Gasteiger partial charge in [-0.3, -0.25) is 0 Å². The Morgan fingerprint density at radius 2 is 1.89 bits per heavy atom. The fourth-order valence-electron chi connectivity index (χ4n) is 3.37. The summed E-state index contributed by atoms with van der Waals surface area (Å²) in [4.78, 5) is 2.66. The molecular weight excluding hydrogens is 234 g/mol. The van der Waals surface area contributed by atoms with E-state index in [0.717, 1.165) is 18.4 Å². The van der Waals surface area contributed by atoms with Crippen LogP contribution in [0.15, 0.2) is 12.1 Å². The van der Waals surface area contributed by atoms with Crippen LogP contribution >= 0.6 is 0 Å². The highest BCUT2D eigenvalue weighted by Gasteiger charge is 2.24. The molecule has 2 rings (SSSR count). The van der Waals surface area contributed by atoms with Gasteiger partial charge in [0.15, 0.2) is 0 Å². The molecule has 1 atom stereocenters. The smallest absolute Gasteiger partial charge is 0.118 e. The van der Waals surface area contributed by atoms with E-state index in [1.54, 1.807) is 0 Å². The highest BCUT2D eigenvalue weighted by Crippen LogP contribution is 2.31. The van der Waals surface area contributed by atoms with Crippen molar-refractivity contribution in [3.63, 3.8) is 0 Å². The number of phenols is 1. The molecule has 0 spiro atoms. The van der Waals surface area contributed by atoms with Gasteiger partial charge < -0.3 is 10.0 Å². The summed E-state index contributed by atoms with van der Waals surface area (Å²) >= 11 is 0. The molecule has 1 aliphatic rings. The molecule has 0 saturated heterocycles. The van der Waals surface area contributed by atoms with Crippen molar-refractivity contribution >= 4 is 0 Å². The van der Waals surface area contributed by atoms with E-state index in [2.05, 4.69) is 24.8 Å². The molecule has 19 heavy (non-hydrogen) atoms. The SMILES string of the molecule is CCCN(CCC)[C@@H]1CCc2c(ccc(O)c2C)C1. The minimum atomic E-state index is 0.455. The van der Waals surface area contributed by atoms with Crippen molar-refractivity contribution < 1.29 is 5.11 Å². The lowest BCUT2D eigenvalue weighted by atomic mass is 9.84. The van der Waals surface area contributed by atoms with Crippen LogP contribution in [0.5, 0.6) is 5.75 Å². The molecule has 1 aliphatic carbocycles. The van der Waals surface area contributed by atoms with Gasteiger partial charge in [-0.2, -0.15) is 0 Å². The minimum absolute atomic E-state index is 0.455. The molecular formula is C17H27NO. The summed E-state index contributed by atoms with van der Waals surface area (Å²) in [6.07, 6.45) is 5.97. The van der Waals surface area contributed by atoms with E-state index in [4.69, 9.17) is 0 Å². The molecule has 1 aromatic carbocycles. The van der Waals surface area contributed by atoms with E-state index in [1.165, 1.54) is 43.5 Å². The maximum absolute atomic E-state index is 9.81. The monoisotopic (exact) mass is 261 g/mol. The average molecular weight is 261 g/mol. The Labute approximate surface area is 117 Å². The van der Waals surface area contributed by atoms with Crippen LogP contribution in [0.3, 0.4) is 0 Å². The average Bonchev–Trinajstić information content (AvgIpc) is 2.42. The zero-order valence-corrected chi connectivity index (χ0v) is 12.6. The molecule has 1 aromatic rings. The Morgan fingerprint density at radius 1 is 1.21 bits per heavy atom. The zero-order chi connectivity index (χ0) is 13.8. The largest absolute Gasteiger partial charge is 0.508 e. The molecule has 0 amide bonds. The molecule has 0 fully saturated rings. The van der Waals surface area contributed by atoms with Crippen molar-refractivity contribution in [3.05, 3.63) is 28.8 Å². The molecule has 106 valence electrons. The third-order valence-corrected chi connectivity index (χ3v) is 4.39. The van der Waals surface area contributed by atoms with Crippen LogP contribution in [-0.4, -0.2) is 29.1 Å². The number of phenolic OH excluding ortho intramolecular Hbond substituents is 1. The van der Waals surface area contributed by atoms with E-state index in [9.17, 15) is 5.11 Å². The highest BCUT2D eigenvalue weighted by atomic mass is 16.3. The highest BCUT2D eigenvalue weighted by molar-refractivity contribution is 5.45. The van der Waals surface area contributed by atoms with Crippen LogP contribution < -0.4 is 0 Å². The maximum atomic E-state index is 9.81. The van der Waals surface area contributed by atoms with Gasteiger partial charge in [-0.1, -0.05) is 19.9 Å². The lowest BCUT2D eigenvalue weighted by molar-refractivity contribution is 0.180. The number of benzene rings is 1. The predicted molar refractivity (Wildman–Crippen MR) is 80.8 cm³/mol. The van der Waals surface area contributed by atoms with Crippen LogP contribution in [0.2, 0.25) is 0 Å². The van der Waals surface area contributed by atoms with Crippen LogP contribution in [0.4, 0.5) is 0 Å². The van der Waals surface area contributed by atoms with Gasteiger partial charge in [0.05, 0.1) is 0 Å².